The van der Waals surface area contributed by atoms with Crippen LogP contribution in [-0.2, 0) is 6.42 Å². The Morgan fingerprint density at radius 3 is 2.79 bits per heavy atom. The topological polar surface area (TPSA) is 62.0 Å². The molecule has 1 aliphatic rings. The van der Waals surface area contributed by atoms with Crippen LogP contribution in [0.5, 0.6) is 5.75 Å². The molecular weight excluding hydrogens is 242 g/mol. The number of hydrogen-bond acceptors (Lipinski definition) is 4. The van der Waals surface area contributed by atoms with Crippen molar-refractivity contribution in [3.8, 4) is 5.75 Å². The van der Waals surface area contributed by atoms with E-state index in [2.05, 4.69) is 5.16 Å². The summed E-state index contributed by atoms with van der Waals surface area (Å²) >= 11 is 0. The summed E-state index contributed by atoms with van der Waals surface area (Å²) in [6, 6.07) is 5.81. The van der Waals surface area contributed by atoms with Gasteiger partial charge in [-0.25, -0.2) is 0 Å². The Balaban J connectivity index is 2.14. The Morgan fingerprint density at radius 1 is 1.32 bits per heavy atom. The molecule has 0 aromatic heterocycles. The van der Waals surface area contributed by atoms with Gasteiger partial charge in [0.05, 0.1) is 17.9 Å². The molecule has 1 aromatic carbocycles. The van der Waals surface area contributed by atoms with Crippen molar-refractivity contribution in [2.75, 3.05) is 6.61 Å². The summed E-state index contributed by atoms with van der Waals surface area (Å²) in [5.41, 5.74) is 2.10. The SMILES string of the molecule is CC(C)(O)CCOc1cccc2c1CCCC2=NO. The summed E-state index contributed by atoms with van der Waals surface area (Å²) in [5.74, 6) is 0.836. The quantitative estimate of drug-likeness (QED) is 0.648. The number of fused-ring (bicyclic) bond motifs is 1. The second kappa shape index (κ2) is 5.61. The Bertz CT molecular complexity index is 475. The van der Waals surface area contributed by atoms with Gasteiger partial charge in [0, 0.05) is 17.5 Å². The lowest BCUT2D eigenvalue weighted by atomic mass is 9.89. The second-order valence-corrected chi connectivity index (χ2v) is 5.59. The second-order valence-electron chi connectivity index (χ2n) is 5.59. The Morgan fingerprint density at radius 2 is 2.11 bits per heavy atom. The summed E-state index contributed by atoms with van der Waals surface area (Å²) < 4.78 is 5.78. The summed E-state index contributed by atoms with van der Waals surface area (Å²) in [6.45, 7) is 4.02. The maximum atomic E-state index is 9.68. The van der Waals surface area contributed by atoms with E-state index in [-0.39, 0.29) is 0 Å². The highest BCUT2D eigenvalue weighted by Gasteiger charge is 2.20. The lowest BCUT2D eigenvalue weighted by Crippen LogP contribution is -2.22. The van der Waals surface area contributed by atoms with Gasteiger partial charge in [0.1, 0.15) is 5.75 Å². The maximum absolute atomic E-state index is 9.68. The van der Waals surface area contributed by atoms with Gasteiger partial charge in [-0.15, -0.1) is 0 Å². The normalized spacial score (nSPS) is 17.3. The van der Waals surface area contributed by atoms with Crippen LogP contribution in [0.2, 0.25) is 0 Å². The minimum atomic E-state index is -0.716. The molecule has 0 atom stereocenters. The van der Waals surface area contributed by atoms with Crippen molar-refractivity contribution >= 4 is 5.71 Å². The van der Waals surface area contributed by atoms with E-state index >= 15 is 0 Å². The smallest absolute Gasteiger partial charge is 0.123 e. The monoisotopic (exact) mass is 263 g/mol. The van der Waals surface area contributed by atoms with Crippen LogP contribution in [0.25, 0.3) is 0 Å². The number of oxime groups is 1. The third-order valence-corrected chi connectivity index (χ3v) is 3.38. The molecule has 1 aromatic rings. The summed E-state index contributed by atoms with van der Waals surface area (Å²) in [7, 11) is 0. The lowest BCUT2D eigenvalue weighted by Gasteiger charge is -2.22. The maximum Gasteiger partial charge on any atom is 0.123 e. The number of aliphatic hydroxyl groups is 1. The summed E-state index contributed by atoms with van der Waals surface area (Å²) in [5, 5.41) is 22.1. The summed E-state index contributed by atoms with van der Waals surface area (Å²) in [6.07, 6.45) is 3.29. The Labute approximate surface area is 113 Å². The first-order chi connectivity index (χ1) is 9.01. The van der Waals surface area contributed by atoms with E-state index in [1.165, 1.54) is 0 Å². The molecular formula is C15H21NO3. The molecule has 2 N–H and O–H groups in total. The largest absolute Gasteiger partial charge is 0.493 e. The Kier molecular flexibility index (Phi) is 4.10. The number of hydrogen-bond donors (Lipinski definition) is 2. The van der Waals surface area contributed by atoms with Crippen LogP contribution >= 0.6 is 0 Å². The molecule has 0 bridgehead atoms. The standard InChI is InChI=1S/C15H21NO3/c1-15(2,17)9-10-19-14-8-4-5-11-12(14)6-3-7-13(11)16-18/h4-5,8,17-18H,3,6-7,9-10H2,1-2H3. The van der Waals surface area contributed by atoms with Crippen molar-refractivity contribution in [3.63, 3.8) is 0 Å². The molecule has 0 saturated heterocycles. The molecule has 0 spiro atoms. The van der Waals surface area contributed by atoms with Gasteiger partial charge in [0.25, 0.3) is 0 Å². The number of nitrogens with zero attached hydrogens (tertiary/aromatic N) is 1. The van der Waals surface area contributed by atoms with Gasteiger partial charge in [0.2, 0.25) is 0 Å². The number of rotatable bonds is 4. The minimum Gasteiger partial charge on any atom is -0.493 e. The predicted molar refractivity (Wildman–Crippen MR) is 74.1 cm³/mol. The van der Waals surface area contributed by atoms with Gasteiger partial charge in [-0.2, -0.15) is 0 Å². The van der Waals surface area contributed by atoms with Crippen molar-refractivity contribution in [2.24, 2.45) is 5.16 Å². The molecule has 1 aliphatic carbocycles. The van der Waals surface area contributed by atoms with Gasteiger partial charge in [0.15, 0.2) is 0 Å². The highest BCUT2D eigenvalue weighted by atomic mass is 16.5. The van der Waals surface area contributed by atoms with Crippen LogP contribution in [0.3, 0.4) is 0 Å². The van der Waals surface area contributed by atoms with E-state index in [0.29, 0.717) is 13.0 Å². The molecule has 0 aliphatic heterocycles. The molecule has 19 heavy (non-hydrogen) atoms. The highest BCUT2D eigenvalue weighted by molar-refractivity contribution is 6.02. The molecule has 4 nitrogen and oxygen atoms in total. The van der Waals surface area contributed by atoms with Crippen LogP contribution in [0.4, 0.5) is 0 Å². The third kappa shape index (κ3) is 3.47. The number of ether oxygens (including phenoxy) is 1. The van der Waals surface area contributed by atoms with Crippen LogP contribution in [-0.4, -0.2) is 28.2 Å². The molecule has 0 saturated carbocycles. The van der Waals surface area contributed by atoms with Gasteiger partial charge in [-0.3, -0.25) is 0 Å². The zero-order valence-corrected chi connectivity index (χ0v) is 11.5. The van der Waals surface area contributed by atoms with E-state index in [1.807, 2.05) is 18.2 Å². The zero-order chi connectivity index (χ0) is 13.9. The van der Waals surface area contributed by atoms with E-state index in [0.717, 1.165) is 41.9 Å². The fourth-order valence-corrected chi connectivity index (χ4v) is 2.31. The van der Waals surface area contributed by atoms with E-state index in [9.17, 15) is 5.11 Å². The van der Waals surface area contributed by atoms with Crippen molar-refractivity contribution in [2.45, 2.75) is 45.1 Å². The van der Waals surface area contributed by atoms with Crippen molar-refractivity contribution in [1.82, 2.24) is 0 Å². The first-order valence-corrected chi connectivity index (χ1v) is 6.69. The van der Waals surface area contributed by atoms with E-state index in [1.54, 1.807) is 13.8 Å². The molecule has 2 rings (SSSR count). The van der Waals surface area contributed by atoms with Crippen molar-refractivity contribution in [3.05, 3.63) is 29.3 Å². The minimum absolute atomic E-state index is 0.478. The Hall–Kier alpha value is -1.55. The molecule has 0 fully saturated rings. The fourth-order valence-electron chi connectivity index (χ4n) is 2.31. The van der Waals surface area contributed by atoms with Crippen LogP contribution in [0.15, 0.2) is 23.4 Å². The lowest BCUT2D eigenvalue weighted by molar-refractivity contribution is 0.0552. The molecule has 0 amide bonds. The van der Waals surface area contributed by atoms with E-state index in [4.69, 9.17) is 9.94 Å². The van der Waals surface area contributed by atoms with Crippen LogP contribution < -0.4 is 4.74 Å². The first kappa shape index (κ1) is 13.9. The van der Waals surface area contributed by atoms with Crippen molar-refractivity contribution < 1.29 is 15.1 Å². The molecule has 4 heteroatoms. The fraction of sp³-hybridized carbons (Fsp3) is 0.533. The molecule has 0 heterocycles. The average Bonchev–Trinajstić information content (AvgIpc) is 2.37. The van der Waals surface area contributed by atoms with Gasteiger partial charge in [-0.1, -0.05) is 17.3 Å². The van der Waals surface area contributed by atoms with Gasteiger partial charge >= 0.3 is 0 Å². The van der Waals surface area contributed by atoms with Crippen molar-refractivity contribution in [1.29, 1.82) is 0 Å². The third-order valence-electron chi connectivity index (χ3n) is 3.38. The van der Waals surface area contributed by atoms with Crippen LogP contribution in [0.1, 0.15) is 44.2 Å². The van der Waals surface area contributed by atoms with Gasteiger partial charge < -0.3 is 15.1 Å². The van der Waals surface area contributed by atoms with Crippen LogP contribution in [0, 0.1) is 0 Å². The van der Waals surface area contributed by atoms with Gasteiger partial charge in [-0.05, 0) is 39.2 Å². The molecule has 0 radical (unpaired) electrons. The molecule has 0 unspecified atom stereocenters. The first-order valence-electron chi connectivity index (χ1n) is 6.69. The predicted octanol–water partition coefficient (Wildman–Crippen LogP) is 2.74. The highest BCUT2D eigenvalue weighted by Crippen LogP contribution is 2.30. The molecule has 104 valence electrons. The summed E-state index contributed by atoms with van der Waals surface area (Å²) in [4.78, 5) is 0. The van der Waals surface area contributed by atoms with E-state index < -0.39 is 5.60 Å². The number of benzene rings is 1. The zero-order valence-electron chi connectivity index (χ0n) is 11.5. The average molecular weight is 263 g/mol.